The molecule has 0 spiro atoms. The maximum absolute atomic E-state index is 13.9. The van der Waals surface area contributed by atoms with Gasteiger partial charge in [0.15, 0.2) is 6.17 Å². The number of fused-ring (bicyclic) bond motifs is 1. The maximum Gasteiger partial charge on any atom is 0.255 e. The van der Waals surface area contributed by atoms with Gasteiger partial charge in [0.2, 0.25) is 11.8 Å². The molecule has 3 atom stereocenters. The van der Waals surface area contributed by atoms with Crippen LogP contribution in [0.15, 0.2) is 18.3 Å². The molecule has 0 saturated carbocycles. The number of halogens is 1. The van der Waals surface area contributed by atoms with Crippen LogP contribution in [-0.4, -0.2) is 47.7 Å². The van der Waals surface area contributed by atoms with E-state index >= 15 is 0 Å². The summed E-state index contributed by atoms with van der Waals surface area (Å²) in [5.74, 6) is -1.48. The van der Waals surface area contributed by atoms with E-state index in [1.807, 2.05) is 6.92 Å². The summed E-state index contributed by atoms with van der Waals surface area (Å²) in [6.07, 6.45) is 0.467. The molecule has 1 fully saturated rings. The predicted molar refractivity (Wildman–Crippen MR) is 90.7 cm³/mol. The van der Waals surface area contributed by atoms with Gasteiger partial charge in [-0.15, -0.1) is 0 Å². The van der Waals surface area contributed by atoms with E-state index < -0.39 is 29.9 Å². The third kappa shape index (κ3) is 3.12. The number of hydrogen-bond donors (Lipinski definition) is 2. The van der Waals surface area contributed by atoms with E-state index in [1.165, 1.54) is 13.3 Å². The number of nitrogens with two attached hydrogens (primary N) is 1. The van der Waals surface area contributed by atoms with E-state index in [1.54, 1.807) is 12.1 Å². The Morgan fingerprint density at radius 2 is 2.19 bits per heavy atom. The number of nitrogens with one attached hydrogen (secondary N) is 1. The van der Waals surface area contributed by atoms with Gasteiger partial charge in [0.05, 0.1) is 13.2 Å². The number of carbonyl (C=O) groups is 2. The monoisotopic (exact) mass is 362 g/mol. The Labute approximate surface area is 148 Å². The van der Waals surface area contributed by atoms with Crippen LogP contribution >= 0.6 is 0 Å². The Bertz CT molecular complexity index is 860. The third-order valence-electron chi connectivity index (χ3n) is 4.47. The lowest BCUT2D eigenvalue weighted by atomic mass is 9.97. The highest BCUT2D eigenvalue weighted by atomic mass is 19.1. The minimum atomic E-state index is -1.54. The molecular formula is C17H19FN4O4. The second-order valence-electron chi connectivity index (χ2n) is 6.00. The first-order valence-electron chi connectivity index (χ1n) is 8.17. The summed E-state index contributed by atoms with van der Waals surface area (Å²) in [5.41, 5.74) is 5.86. The second-order valence-corrected chi connectivity index (χ2v) is 6.00. The quantitative estimate of drug-likeness (QED) is 0.791. The molecule has 2 aromatic rings. The van der Waals surface area contributed by atoms with Gasteiger partial charge in [-0.3, -0.25) is 9.59 Å². The van der Waals surface area contributed by atoms with Crippen LogP contribution < -0.4 is 20.5 Å². The normalized spacial score (nSPS) is 22.3. The van der Waals surface area contributed by atoms with Crippen molar-refractivity contribution in [1.29, 1.82) is 0 Å². The van der Waals surface area contributed by atoms with Crippen LogP contribution in [-0.2, 0) is 4.79 Å². The summed E-state index contributed by atoms with van der Waals surface area (Å²) in [6, 6.07) is 2.75. The van der Waals surface area contributed by atoms with Crippen molar-refractivity contribution < 1.29 is 23.5 Å². The Kier molecular flexibility index (Phi) is 4.88. The lowest BCUT2D eigenvalue weighted by Crippen LogP contribution is -2.34. The highest BCUT2D eigenvalue weighted by molar-refractivity contribution is 5.99. The van der Waals surface area contributed by atoms with Crippen LogP contribution in [0, 0.1) is 5.92 Å². The van der Waals surface area contributed by atoms with Gasteiger partial charge in [0.1, 0.15) is 17.7 Å². The molecule has 26 heavy (non-hydrogen) atoms. The van der Waals surface area contributed by atoms with E-state index in [0.717, 1.165) is 0 Å². The van der Waals surface area contributed by atoms with Crippen LogP contribution in [0.3, 0.4) is 0 Å². The predicted octanol–water partition coefficient (Wildman–Crippen LogP) is 0.979. The summed E-state index contributed by atoms with van der Waals surface area (Å²) in [7, 11) is 1.37. The molecule has 1 saturated heterocycles. The minimum absolute atomic E-state index is 0.0539. The first kappa shape index (κ1) is 17.8. The maximum atomic E-state index is 13.9. The van der Waals surface area contributed by atoms with E-state index in [4.69, 9.17) is 15.2 Å². The van der Waals surface area contributed by atoms with Crippen molar-refractivity contribution in [2.45, 2.75) is 25.6 Å². The number of amides is 2. The van der Waals surface area contributed by atoms with E-state index in [0.29, 0.717) is 17.3 Å². The van der Waals surface area contributed by atoms with Crippen LogP contribution in [0.5, 0.6) is 11.8 Å². The molecule has 138 valence electrons. The Balaban J connectivity index is 1.89. The average Bonchev–Trinajstić information content (AvgIpc) is 2.91. The van der Waals surface area contributed by atoms with Gasteiger partial charge in [0, 0.05) is 17.5 Å². The van der Waals surface area contributed by atoms with Gasteiger partial charge < -0.3 is 20.5 Å². The lowest BCUT2D eigenvalue weighted by molar-refractivity contribution is -0.123. The number of alkyl halides is 1. The van der Waals surface area contributed by atoms with E-state index in [-0.39, 0.29) is 23.9 Å². The topological polar surface area (TPSA) is 116 Å². The van der Waals surface area contributed by atoms with E-state index in [9.17, 15) is 14.0 Å². The number of carbonyl (C=O) groups excluding carboxylic acids is 2. The number of nitrogens with zero attached hydrogens (tertiary/aromatic N) is 2. The Morgan fingerprint density at radius 3 is 2.85 bits per heavy atom. The molecule has 2 aromatic heterocycles. The fourth-order valence-electron chi connectivity index (χ4n) is 3.09. The highest BCUT2D eigenvalue weighted by Gasteiger charge is 2.41. The molecule has 0 bridgehead atoms. The molecule has 8 nitrogen and oxygen atoms in total. The molecule has 0 aliphatic carbocycles. The van der Waals surface area contributed by atoms with Gasteiger partial charge >= 0.3 is 0 Å². The SMILES string of the molecule is CCC1C(COc2nccc3cc(C(N)=O)c(OC)nc23)NC(=O)[C@H]1F. The molecule has 3 rings (SSSR count). The molecular weight excluding hydrogens is 343 g/mol. The van der Waals surface area contributed by atoms with Crippen LogP contribution in [0.4, 0.5) is 4.39 Å². The molecule has 3 heterocycles. The number of methoxy groups -OCH3 is 1. The fraction of sp³-hybridized carbons (Fsp3) is 0.412. The lowest BCUT2D eigenvalue weighted by Gasteiger charge is -2.18. The summed E-state index contributed by atoms with van der Waals surface area (Å²) >= 11 is 0. The van der Waals surface area contributed by atoms with Gasteiger partial charge in [-0.2, -0.15) is 0 Å². The number of primary amides is 1. The summed E-state index contributed by atoms with van der Waals surface area (Å²) in [5, 5.41) is 3.19. The first-order valence-corrected chi connectivity index (χ1v) is 8.17. The number of aromatic nitrogens is 2. The number of rotatable bonds is 6. The largest absolute Gasteiger partial charge is 0.480 e. The highest BCUT2D eigenvalue weighted by Crippen LogP contribution is 2.28. The molecule has 9 heteroatoms. The Hall–Kier alpha value is -2.97. The third-order valence-corrected chi connectivity index (χ3v) is 4.47. The first-order chi connectivity index (χ1) is 12.5. The fourth-order valence-corrected chi connectivity index (χ4v) is 3.09. The zero-order valence-electron chi connectivity index (χ0n) is 14.4. The average molecular weight is 362 g/mol. The van der Waals surface area contributed by atoms with Crippen LogP contribution in [0.25, 0.3) is 10.9 Å². The minimum Gasteiger partial charge on any atom is -0.480 e. The van der Waals surface area contributed by atoms with Crippen LogP contribution in [0.1, 0.15) is 23.7 Å². The van der Waals surface area contributed by atoms with Crippen molar-refractivity contribution in [3.05, 3.63) is 23.9 Å². The van der Waals surface area contributed by atoms with Crippen molar-refractivity contribution in [2.24, 2.45) is 11.7 Å². The van der Waals surface area contributed by atoms with Crippen molar-refractivity contribution in [3.63, 3.8) is 0 Å². The summed E-state index contributed by atoms with van der Waals surface area (Å²) < 4.78 is 24.7. The van der Waals surface area contributed by atoms with Gasteiger partial charge in [-0.1, -0.05) is 6.92 Å². The van der Waals surface area contributed by atoms with Gasteiger partial charge in [-0.05, 0) is 18.6 Å². The number of hydrogen-bond acceptors (Lipinski definition) is 6. The molecule has 0 radical (unpaired) electrons. The van der Waals surface area contributed by atoms with Gasteiger partial charge in [0.25, 0.3) is 11.8 Å². The van der Waals surface area contributed by atoms with Crippen LogP contribution in [0.2, 0.25) is 0 Å². The molecule has 0 aromatic carbocycles. The smallest absolute Gasteiger partial charge is 0.255 e. The van der Waals surface area contributed by atoms with Crippen molar-refractivity contribution >= 4 is 22.7 Å². The summed E-state index contributed by atoms with van der Waals surface area (Å²) in [4.78, 5) is 31.5. The standard InChI is InChI=1S/C17H19FN4O4/c1-3-9-11(21-15(24)12(9)18)7-26-17-13-8(4-5-20-17)6-10(14(19)23)16(22-13)25-2/h4-6,9,11-12H,3,7H2,1-2H3,(H2,19,23)(H,21,24)/t9?,11?,12-/m0/s1. The van der Waals surface area contributed by atoms with Crippen molar-refractivity contribution in [2.75, 3.05) is 13.7 Å². The second kappa shape index (κ2) is 7.11. The van der Waals surface area contributed by atoms with Crippen molar-refractivity contribution in [3.8, 4) is 11.8 Å². The van der Waals surface area contributed by atoms with Crippen molar-refractivity contribution in [1.82, 2.24) is 15.3 Å². The molecule has 2 amide bonds. The molecule has 1 aliphatic heterocycles. The zero-order valence-corrected chi connectivity index (χ0v) is 14.4. The van der Waals surface area contributed by atoms with Gasteiger partial charge in [-0.25, -0.2) is 14.4 Å². The Morgan fingerprint density at radius 1 is 1.42 bits per heavy atom. The molecule has 1 aliphatic rings. The summed E-state index contributed by atoms with van der Waals surface area (Å²) in [6.45, 7) is 1.87. The molecule has 2 unspecified atom stereocenters. The number of ether oxygens (including phenoxy) is 2. The zero-order chi connectivity index (χ0) is 18.8. The molecule has 3 N–H and O–H groups in total. The number of pyridine rings is 2. The van der Waals surface area contributed by atoms with E-state index in [2.05, 4.69) is 15.3 Å².